The van der Waals surface area contributed by atoms with E-state index in [0.29, 0.717) is 0 Å². The van der Waals surface area contributed by atoms with Crippen molar-refractivity contribution in [2.75, 3.05) is 5.73 Å². The predicted octanol–water partition coefficient (Wildman–Crippen LogP) is 4.76. The van der Waals surface area contributed by atoms with Gasteiger partial charge in [0.15, 0.2) is 0 Å². The lowest BCUT2D eigenvalue weighted by Crippen LogP contribution is -1.91. The Hall–Kier alpha value is -2.02. The third-order valence-corrected chi connectivity index (χ3v) is 4.34. The number of allylic oxidation sites excluding steroid dienone is 1. The molecule has 1 aliphatic rings. The van der Waals surface area contributed by atoms with Gasteiger partial charge in [0.05, 0.1) is 0 Å². The van der Waals surface area contributed by atoms with E-state index in [0.717, 1.165) is 18.5 Å². The van der Waals surface area contributed by atoms with Crippen LogP contribution in [0.1, 0.15) is 40.7 Å². The summed E-state index contributed by atoms with van der Waals surface area (Å²) in [6.45, 7) is 4.41. The Balaban J connectivity index is 2.10. The molecule has 2 aromatic carbocycles. The normalized spacial score (nSPS) is 14.4. The fourth-order valence-corrected chi connectivity index (χ4v) is 3.02. The van der Waals surface area contributed by atoms with Gasteiger partial charge in [-0.15, -0.1) is 0 Å². The maximum absolute atomic E-state index is 5.90. The molecule has 2 aromatic rings. The van der Waals surface area contributed by atoms with Crippen molar-refractivity contribution >= 4 is 17.3 Å². The molecular weight excluding hydrogens is 242 g/mol. The minimum Gasteiger partial charge on any atom is -0.399 e. The van der Waals surface area contributed by atoms with Crippen molar-refractivity contribution in [3.63, 3.8) is 0 Å². The first-order chi connectivity index (χ1) is 9.65. The smallest absolute Gasteiger partial charge is 0.0317 e. The monoisotopic (exact) mass is 263 g/mol. The zero-order chi connectivity index (χ0) is 14.1. The number of benzene rings is 2. The molecule has 0 radical (unpaired) electrons. The average molecular weight is 263 g/mol. The van der Waals surface area contributed by atoms with Crippen LogP contribution >= 0.6 is 0 Å². The van der Waals surface area contributed by atoms with Crippen LogP contribution in [0.2, 0.25) is 0 Å². The maximum atomic E-state index is 5.90. The van der Waals surface area contributed by atoms with E-state index in [9.17, 15) is 0 Å². The first-order valence-electron chi connectivity index (χ1n) is 7.31. The minimum atomic E-state index is 0.868. The number of rotatable bonds is 1. The first-order valence-corrected chi connectivity index (χ1v) is 7.31. The van der Waals surface area contributed by atoms with Gasteiger partial charge in [0.2, 0.25) is 0 Å². The molecule has 0 bridgehead atoms. The van der Waals surface area contributed by atoms with Crippen LogP contribution in [0.5, 0.6) is 0 Å². The number of anilines is 1. The Bertz CT molecular complexity index is 680. The van der Waals surface area contributed by atoms with Crippen LogP contribution in [0.25, 0.3) is 11.6 Å². The highest BCUT2D eigenvalue weighted by atomic mass is 14.5. The van der Waals surface area contributed by atoms with Crippen LogP contribution in [0.4, 0.5) is 5.69 Å². The van der Waals surface area contributed by atoms with E-state index < -0.39 is 0 Å². The molecule has 0 amide bonds. The van der Waals surface area contributed by atoms with E-state index in [1.54, 1.807) is 0 Å². The Morgan fingerprint density at radius 1 is 1.00 bits per heavy atom. The second-order valence-electron chi connectivity index (χ2n) is 5.73. The van der Waals surface area contributed by atoms with Crippen LogP contribution in [0.3, 0.4) is 0 Å². The molecule has 102 valence electrons. The summed E-state index contributed by atoms with van der Waals surface area (Å²) in [4.78, 5) is 0. The quantitative estimate of drug-likeness (QED) is 0.737. The fraction of sp³-hybridized carbons (Fsp3) is 0.263. The SMILES string of the molecule is Cc1cccc(C2=Cc3ccc(N)cc3CCC2)c1C. The number of hydrogen-bond donors (Lipinski definition) is 1. The van der Waals surface area contributed by atoms with Gasteiger partial charge in [-0.3, -0.25) is 0 Å². The third-order valence-electron chi connectivity index (χ3n) is 4.34. The fourth-order valence-electron chi connectivity index (χ4n) is 3.02. The van der Waals surface area contributed by atoms with E-state index in [1.165, 1.54) is 39.8 Å². The first kappa shape index (κ1) is 13.0. The number of nitrogen functional groups attached to an aromatic ring is 1. The number of aryl methyl sites for hydroxylation is 2. The van der Waals surface area contributed by atoms with Crippen LogP contribution in [-0.2, 0) is 6.42 Å². The third kappa shape index (κ3) is 2.36. The van der Waals surface area contributed by atoms with Gasteiger partial charge in [-0.2, -0.15) is 0 Å². The predicted molar refractivity (Wildman–Crippen MR) is 87.6 cm³/mol. The summed E-state index contributed by atoms with van der Waals surface area (Å²) in [6.07, 6.45) is 5.79. The van der Waals surface area contributed by atoms with Crippen molar-refractivity contribution in [2.45, 2.75) is 33.1 Å². The number of fused-ring (bicyclic) bond motifs is 1. The molecule has 0 spiro atoms. The lowest BCUT2D eigenvalue weighted by Gasteiger charge is -2.11. The molecule has 3 rings (SSSR count). The second kappa shape index (κ2) is 5.16. The van der Waals surface area contributed by atoms with Gasteiger partial charge in [-0.05, 0) is 78.6 Å². The summed E-state index contributed by atoms with van der Waals surface area (Å²) in [6, 6.07) is 12.9. The van der Waals surface area contributed by atoms with Crippen molar-refractivity contribution in [1.29, 1.82) is 0 Å². The van der Waals surface area contributed by atoms with Gasteiger partial charge >= 0.3 is 0 Å². The topological polar surface area (TPSA) is 26.0 Å². The van der Waals surface area contributed by atoms with E-state index in [1.807, 2.05) is 6.07 Å². The highest BCUT2D eigenvalue weighted by molar-refractivity contribution is 5.84. The summed E-state index contributed by atoms with van der Waals surface area (Å²) < 4.78 is 0. The standard InChI is InChI=1S/C19H21N/c1-13-5-3-8-19(14(13)2)17-7-4-6-15-12-18(20)10-9-16(15)11-17/h3,5,8-12H,4,6-7,20H2,1-2H3. The van der Waals surface area contributed by atoms with Gasteiger partial charge in [-0.25, -0.2) is 0 Å². The largest absolute Gasteiger partial charge is 0.399 e. The summed E-state index contributed by atoms with van der Waals surface area (Å²) in [7, 11) is 0. The molecule has 1 nitrogen and oxygen atoms in total. The van der Waals surface area contributed by atoms with Crippen LogP contribution in [0, 0.1) is 13.8 Å². The molecule has 0 saturated carbocycles. The molecule has 0 aliphatic heterocycles. The molecule has 20 heavy (non-hydrogen) atoms. The van der Waals surface area contributed by atoms with Crippen LogP contribution in [0.15, 0.2) is 36.4 Å². The van der Waals surface area contributed by atoms with E-state index in [2.05, 4.69) is 50.3 Å². The van der Waals surface area contributed by atoms with Crippen LogP contribution < -0.4 is 5.73 Å². The highest BCUT2D eigenvalue weighted by Crippen LogP contribution is 2.32. The molecule has 1 aliphatic carbocycles. The van der Waals surface area contributed by atoms with Crippen molar-refractivity contribution in [3.05, 3.63) is 64.2 Å². The van der Waals surface area contributed by atoms with E-state index in [-0.39, 0.29) is 0 Å². The van der Waals surface area contributed by atoms with Crippen molar-refractivity contribution < 1.29 is 0 Å². The molecule has 0 unspecified atom stereocenters. The summed E-state index contributed by atoms with van der Waals surface area (Å²) in [5, 5.41) is 0. The molecule has 0 fully saturated rings. The van der Waals surface area contributed by atoms with Crippen LogP contribution in [-0.4, -0.2) is 0 Å². The lowest BCUT2D eigenvalue weighted by atomic mass is 9.94. The summed E-state index contributed by atoms with van der Waals surface area (Å²) in [5.74, 6) is 0. The molecule has 2 N–H and O–H groups in total. The Labute approximate surface area is 121 Å². The van der Waals surface area contributed by atoms with Gasteiger partial charge in [0, 0.05) is 5.69 Å². The number of nitrogens with two attached hydrogens (primary N) is 1. The Morgan fingerprint density at radius 3 is 2.70 bits per heavy atom. The molecular formula is C19H21N. The van der Waals surface area contributed by atoms with Gasteiger partial charge in [0.1, 0.15) is 0 Å². The van der Waals surface area contributed by atoms with Gasteiger partial charge < -0.3 is 5.73 Å². The second-order valence-corrected chi connectivity index (χ2v) is 5.73. The molecule has 0 heterocycles. The lowest BCUT2D eigenvalue weighted by molar-refractivity contribution is 0.860. The van der Waals surface area contributed by atoms with Gasteiger partial charge in [0.25, 0.3) is 0 Å². The Morgan fingerprint density at radius 2 is 1.85 bits per heavy atom. The maximum Gasteiger partial charge on any atom is 0.0317 e. The highest BCUT2D eigenvalue weighted by Gasteiger charge is 2.12. The van der Waals surface area contributed by atoms with Crippen molar-refractivity contribution in [1.82, 2.24) is 0 Å². The van der Waals surface area contributed by atoms with Crippen molar-refractivity contribution in [2.24, 2.45) is 0 Å². The average Bonchev–Trinajstić information content (AvgIpc) is 2.63. The zero-order valence-electron chi connectivity index (χ0n) is 12.2. The molecule has 0 saturated heterocycles. The zero-order valence-corrected chi connectivity index (χ0v) is 12.2. The van der Waals surface area contributed by atoms with Gasteiger partial charge in [-0.1, -0.05) is 30.3 Å². The number of hydrogen-bond acceptors (Lipinski definition) is 1. The molecule has 0 atom stereocenters. The van der Waals surface area contributed by atoms with Crippen molar-refractivity contribution in [3.8, 4) is 0 Å². The Kier molecular flexibility index (Phi) is 3.35. The minimum absolute atomic E-state index is 0.868. The molecule has 0 aromatic heterocycles. The van der Waals surface area contributed by atoms with E-state index >= 15 is 0 Å². The summed E-state index contributed by atoms with van der Waals surface area (Å²) >= 11 is 0. The summed E-state index contributed by atoms with van der Waals surface area (Å²) in [5.41, 5.74) is 15.1. The van der Waals surface area contributed by atoms with E-state index in [4.69, 9.17) is 5.73 Å². The molecule has 1 heteroatoms.